The summed E-state index contributed by atoms with van der Waals surface area (Å²) in [4.78, 5) is 71.0. The molecule has 16 nitrogen and oxygen atoms in total. The van der Waals surface area contributed by atoms with Gasteiger partial charge >= 0.3 is 35.8 Å². The number of carbonyl (C=O) groups excluding carboxylic acids is 6. The van der Waals surface area contributed by atoms with Gasteiger partial charge in [-0.05, 0) is 132 Å². The first-order valence-electron chi connectivity index (χ1n) is 25.4. The highest BCUT2D eigenvalue weighted by Gasteiger charge is 2.73. The van der Waals surface area contributed by atoms with Crippen LogP contribution in [0.4, 0.5) is 0 Å². The van der Waals surface area contributed by atoms with Gasteiger partial charge in [0.2, 0.25) is 0 Å². The fraction of sp³-hybridized carbons (Fsp3) is 0.782. The summed E-state index contributed by atoms with van der Waals surface area (Å²) in [5, 5.41) is 44.1. The van der Waals surface area contributed by atoms with Crippen LogP contribution in [0.2, 0.25) is 0 Å². The van der Waals surface area contributed by atoms with Crippen LogP contribution >= 0.6 is 0 Å². The zero-order chi connectivity index (χ0) is 53.0. The molecule has 0 radical (unpaired) electrons. The molecule has 0 amide bonds. The first-order valence-corrected chi connectivity index (χ1v) is 25.4. The van der Waals surface area contributed by atoms with Crippen molar-refractivity contribution in [1.29, 1.82) is 0 Å². The highest BCUT2D eigenvalue weighted by atomic mass is 16.6. The van der Waals surface area contributed by atoms with Crippen molar-refractivity contribution in [3.05, 3.63) is 36.5 Å². The van der Waals surface area contributed by atoms with Crippen LogP contribution in [0.3, 0.4) is 0 Å². The fourth-order valence-corrected chi connectivity index (χ4v) is 17.4. The number of aliphatic hydroxyl groups is 4. The van der Waals surface area contributed by atoms with E-state index in [-0.39, 0.29) is 56.1 Å². The summed E-state index contributed by atoms with van der Waals surface area (Å²) >= 11 is 0. The first kappa shape index (κ1) is 54.6. The van der Waals surface area contributed by atoms with Crippen molar-refractivity contribution in [1.82, 2.24) is 0 Å². The number of hydrogen-bond acceptors (Lipinski definition) is 16. The number of hydrogen-bond donors (Lipinski definition) is 4. The zero-order valence-corrected chi connectivity index (χ0v) is 43.8. The predicted molar refractivity (Wildman–Crippen MR) is 256 cm³/mol. The maximum absolute atomic E-state index is 12.3. The van der Waals surface area contributed by atoms with Crippen LogP contribution in [0, 0.1) is 45.3 Å². The smallest absolute Gasteiger partial charge is 0.344 e. The van der Waals surface area contributed by atoms with E-state index < -0.39 is 94.8 Å². The molecule has 0 aromatic heterocycles. The largest absolute Gasteiger partial charge is 0.456 e. The summed E-state index contributed by atoms with van der Waals surface area (Å²) in [6, 6.07) is 0. The van der Waals surface area contributed by atoms with Gasteiger partial charge in [-0.15, -0.1) is 0 Å². The van der Waals surface area contributed by atoms with Crippen molar-refractivity contribution in [2.45, 2.75) is 205 Å². The minimum atomic E-state index is -1.03. The summed E-state index contributed by atoms with van der Waals surface area (Å²) in [6.07, 6.45) is 10.8. The third kappa shape index (κ3) is 10.4. The SMILES string of the molecule is C=C(C)C(=O)OCC(=O)OC12CC3(C)CC(C)(CC(O)(C3)C1C)C2.C=C(C)C(=O)OCC(=O)OC12CC3(C)CC(O)(CC(O)(C3)C1C)C2.C=C(C)C(=O)OCC(=O)OC12CC3CC(C)(CC(O)(C3)C1C)C2. The lowest BCUT2D eigenvalue weighted by molar-refractivity contribution is -0.309. The van der Waals surface area contributed by atoms with Crippen LogP contribution in [-0.2, 0) is 57.2 Å². The molecule has 12 rings (SSSR count). The number of ether oxygens (including phenoxy) is 6. The maximum Gasteiger partial charge on any atom is 0.344 e. The fourth-order valence-electron chi connectivity index (χ4n) is 17.4. The van der Waals surface area contributed by atoms with Crippen LogP contribution in [0.25, 0.3) is 0 Å². The second-order valence-corrected chi connectivity index (χ2v) is 26.2. The molecule has 0 aromatic carbocycles. The van der Waals surface area contributed by atoms with E-state index in [1.807, 2.05) is 27.7 Å². The van der Waals surface area contributed by atoms with E-state index in [1.165, 1.54) is 20.8 Å². The van der Waals surface area contributed by atoms with Gasteiger partial charge < -0.3 is 48.8 Å². The third-order valence-corrected chi connectivity index (χ3v) is 18.5. The van der Waals surface area contributed by atoms with Crippen molar-refractivity contribution >= 4 is 35.8 Å². The third-order valence-electron chi connectivity index (χ3n) is 18.5. The number of esters is 6. The van der Waals surface area contributed by atoms with Gasteiger partial charge in [-0.25, -0.2) is 28.8 Å². The quantitative estimate of drug-likeness (QED) is 0.0914. The van der Waals surface area contributed by atoms with Crippen LogP contribution in [0.1, 0.15) is 166 Å². The van der Waals surface area contributed by atoms with Gasteiger partial charge in [-0.3, -0.25) is 0 Å². The molecule has 12 aliphatic rings. The normalized spacial score (nSPS) is 45.2. The van der Waals surface area contributed by atoms with E-state index in [9.17, 15) is 49.2 Å². The summed E-state index contributed by atoms with van der Waals surface area (Å²) in [7, 11) is 0. The van der Waals surface area contributed by atoms with Gasteiger partial charge in [0, 0.05) is 47.3 Å². The zero-order valence-electron chi connectivity index (χ0n) is 43.8. The predicted octanol–water partition coefficient (Wildman–Crippen LogP) is 6.61. The molecule has 12 saturated carbocycles. The molecular weight excluding hydrogens is 917 g/mol. The van der Waals surface area contributed by atoms with E-state index in [2.05, 4.69) is 40.5 Å². The van der Waals surface area contributed by atoms with Crippen LogP contribution < -0.4 is 0 Å². The van der Waals surface area contributed by atoms with Crippen molar-refractivity contribution < 1.29 is 77.6 Å². The Morgan fingerprint density at radius 1 is 0.423 bits per heavy atom. The van der Waals surface area contributed by atoms with E-state index in [4.69, 9.17) is 28.4 Å². The molecule has 396 valence electrons. The molecule has 12 fully saturated rings. The highest BCUT2D eigenvalue weighted by molar-refractivity contribution is 5.89. The minimum absolute atomic E-state index is 0.0127. The Bertz CT molecular complexity index is 2140. The van der Waals surface area contributed by atoms with E-state index in [1.54, 1.807) is 0 Å². The highest BCUT2D eigenvalue weighted by Crippen LogP contribution is 2.71. The molecule has 13 unspecified atom stereocenters. The summed E-state index contributed by atoms with van der Waals surface area (Å²) in [5.41, 5.74) is -5.34. The van der Waals surface area contributed by atoms with Crippen molar-refractivity contribution in [2.75, 3.05) is 19.8 Å². The molecule has 71 heavy (non-hydrogen) atoms. The van der Waals surface area contributed by atoms with Gasteiger partial charge in [0.15, 0.2) is 19.8 Å². The maximum atomic E-state index is 12.3. The Morgan fingerprint density at radius 3 is 1.15 bits per heavy atom. The van der Waals surface area contributed by atoms with E-state index in [0.717, 1.165) is 64.2 Å². The Labute approximate surface area is 418 Å². The molecular formula is C55H80O16. The lowest BCUT2D eigenvalue weighted by atomic mass is 9.39. The lowest BCUT2D eigenvalue weighted by Crippen LogP contribution is -2.74. The van der Waals surface area contributed by atoms with Crippen molar-refractivity contribution in [3.63, 3.8) is 0 Å². The molecule has 12 bridgehead atoms. The van der Waals surface area contributed by atoms with Gasteiger partial charge in [-0.2, -0.15) is 0 Å². The lowest BCUT2D eigenvalue weighted by Gasteiger charge is -2.69. The van der Waals surface area contributed by atoms with Crippen LogP contribution in [0.5, 0.6) is 0 Å². The molecule has 0 aromatic rings. The Kier molecular flexibility index (Phi) is 13.7. The second kappa shape index (κ2) is 17.8. The van der Waals surface area contributed by atoms with Gasteiger partial charge in [0.25, 0.3) is 0 Å². The van der Waals surface area contributed by atoms with Crippen LogP contribution in [0.15, 0.2) is 36.5 Å². The molecule has 0 spiro atoms. The van der Waals surface area contributed by atoms with E-state index in [0.29, 0.717) is 38.0 Å². The standard InChI is InChI=1S/C19H28O5.C18H26O6.C18H26O5/c1-12(2)15(21)23-6-14(20)24-19-10-16(4)7-17(5,11-19)9-18(22,8-16)13(19)3;1-11(2)14(20)23-5-13(19)24-18-8-15(4)6-16(21,10-18)9-17(22,7-15)12(18)3;1-11(2)15(20)22-8-14(19)23-18-7-13-5-16(4,10-18)9-17(21,6-13)12(18)3/h13,22H,1,6-11H2,2-5H3;12,21-22H,1,5-10H2,2-4H3;12-13,21H,1,5-10H2,2-4H3. The average molecular weight is 997 g/mol. The molecule has 0 heterocycles. The van der Waals surface area contributed by atoms with Crippen LogP contribution in [-0.4, -0.2) is 115 Å². The molecule has 12 aliphatic carbocycles. The summed E-state index contributed by atoms with van der Waals surface area (Å²) in [6.45, 7) is 28.1. The van der Waals surface area contributed by atoms with Crippen molar-refractivity contribution in [3.8, 4) is 0 Å². The second-order valence-electron chi connectivity index (χ2n) is 26.2. The Morgan fingerprint density at radius 2 is 0.761 bits per heavy atom. The summed E-state index contributed by atoms with van der Waals surface area (Å²) in [5.74, 6) is -3.67. The topological polar surface area (TPSA) is 239 Å². The molecule has 0 aliphatic heterocycles. The molecule has 4 N–H and O–H groups in total. The van der Waals surface area contributed by atoms with Gasteiger partial charge in [0.1, 0.15) is 16.8 Å². The monoisotopic (exact) mass is 997 g/mol. The average Bonchev–Trinajstić information content (AvgIpc) is 3.18. The van der Waals surface area contributed by atoms with Gasteiger partial charge in [-0.1, -0.05) is 68.2 Å². The Hall–Kier alpha value is -4.12. The first-order chi connectivity index (χ1) is 32.4. The molecule has 13 atom stereocenters. The number of carbonyl (C=O) groups is 6. The minimum Gasteiger partial charge on any atom is -0.456 e. The number of rotatable bonds is 12. The molecule has 16 heteroatoms. The van der Waals surface area contributed by atoms with Gasteiger partial charge in [0.05, 0.1) is 22.4 Å². The summed E-state index contributed by atoms with van der Waals surface area (Å²) < 4.78 is 32.1. The van der Waals surface area contributed by atoms with E-state index >= 15 is 0 Å². The molecule has 0 saturated heterocycles. The van der Waals surface area contributed by atoms with Crippen molar-refractivity contribution in [2.24, 2.45) is 45.3 Å². The Balaban J connectivity index is 0.000000157.